The second-order valence-electron chi connectivity index (χ2n) is 7.80. The van der Waals surface area contributed by atoms with Crippen LogP contribution in [0.3, 0.4) is 0 Å². The van der Waals surface area contributed by atoms with Gasteiger partial charge in [0.25, 0.3) is 0 Å². The molecule has 2 aromatic rings. The third-order valence-electron chi connectivity index (χ3n) is 6.26. The van der Waals surface area contributed by atoms with Crippen LogP contribution < -0.4 is 0 Å². The lowest BCUT2D eigenvalue weighted by Gasteiger charge is -2.36. The molecule has 132 valence electrons. The van der Waals surface area contributed by atoms with Crippen LogP contribution in [0.1, 0.15) is 50.6 Å². The van der Waals surface area contributed by atoms with Gasteiger partial charge in [-0.25, -0.2) is 4.98 Å². The first kappa shape index (κ1) is 16.3. The van der Waals surface area contributed by atoms with E-state index in [9.17, 15) is 15.0 Å². The van der Waals surface area contributed by atoms with Gasteiger partial charge in [-0.2, -0.15) is 0 Å². The summed E-state index contributed by atoms with van der Waals surface area (Å²) in [6.07, 6.45) is 6.77. The van der Waals surface area contributed by atoms with Crippen LogP contribution in [0.5, 0.6) is 0 Å². The van der Waals surface area contributed by atoms with Crippen molar-refractivity contribution in [3.8, 4) is 11.3 Å². The Bertz CT molecular complexity index is 790. The van der Waals surface area contributed by atoms with E-state index in [0.717, 1.165) is 18.5 Å². The number of carboxylic acids is 1. The maximum absolute atomic E-state index is 11.4. The summed E-state index contributed by atoms with van der Waals surface area (Å²) in [5.74, 6) is -0.541. The van der Waals surface area contributed by atoms with Crippen molar-refractivity contribution in [2.24, 2.45) is 11.3 Å². The zero-order valence-corrected chi connectivity index (χ0v) is 14.4. The SMILES string of the molecule is CC1(C(=O)O)CCC(C(O)CC2c3ccccc3-c3cncn32)CC1. The van der Waals surface area contributed by atoms with Crippen molar-refractivity contribution < 1.29 is 15.0 Å². The molecule has 1 aromatic heterocycles. The Morgan fingerprint density at radius 2 is 2.08 bits per heavy atom. The van der Waals surface area contributed by atoms with Crippen LogP contribution in [0.15, 0.2) is 36.8 Å². The van der Waals surface area contributed by atoms with Gasteiger partial charge in [-0.3, -0.25) is 4.79 Å². The molecule has 2 aliphatic rings. The van der Waals surface area contributed by atoms with E-state index in [2.05, 4.69) is 21.7 Å². The molecule has 2 unspecified atom stereocenters. The van der Waals surface area contributed by atoms with E-state index >= 15 is 0 Å². The second-order valence-corrected chi connectivity index (χ2v) is 7.80. The molecular weight excluding hydrogens is 316 g/mol. The molecular formula is C20H24N2O3. The number of aliphatic hydroxyl groups is 1. The van der Waals surface area contributed by atoms with Crippen LogP contribution in [0.4, 0.5) is 0 Å². The van der Waals surface area contributed by atoms with Gasteiger partial charge in [0.2, 0.25) is 0 Å². The summed E-state index contributed by atoms with van der Waals surface area (Å²) in [6.45, 7) is 1.82. The van der Waals surface area contributed by atoms with Crippen molar-refractivity contribution >= 4 is 5.97 Å². The number of hydrogen-bond acceptors (Lipinski definition) is 3. The van der Waals surface area contributed by atoms with Gasteiger partial charge in [-0.15, -0.1) is 0 Å². The molecule has 0 radical (unpaired) electrons. The predicted octanol–water partition coefficient (Wildman–Crippen LogP) is 3.49. The molecule has 25 heavy (non-hydrogen) atoms. The molecule has 2 heterocycles. The Labute approximate surface area is 147 Å². The topological polar surface area (TPSA) is 75.3 Å². The lowest BCUT2D eigenvalue weighted by molar-refractivity contribution is -0.151. The second kappa shape index (κ2) is 5.99. The normalized spacial score (nSPS) is 29.0. The minimum absolute atomic E-state index is 0.108. The Morgan fingerprint density at radius 1 is 1.36 bits per heavy atom. The Kier molecular flexibility index (Phi) is 3.91. The van der Waals surface area contributed by atoms with Gasteiger partial charge in [0.15, 0.2) is 0 Å². The lowest BCUT2D eigenvalue weighted by atomic mass is 9.70. The largest absolute Gasteiger partial charge is 0.481 e. The van der Waals surface area contributed by atoms with E-state index in [1.54, 1.807) is 0 Å². The fourth-order valence-electron chi connectivity index (χ4n) is 4.47. The molecule has 2 N–H and O–H groups in total. The van der Waals surface area contributed by atoms with E-state index in [-0.39, 0.29) is 12.0 Å². The van der Waals surface area contributed by atoms with Crippen molar-refractivity contribution in [1.82, 2.24) is 9.55 Å². The average molecular weight is 340 g/mol. The van der Waals surface area contributed by atoms with Gasteiger partial charge in [-0.05, 0) is 50.5 Å². The molecule has 1 fully saturated rings. The van der Waals surface area contributed by atoms with E-state index < -0.39 is 17.5 Å². The number of aliphatic hydroxyl groups excluding tert-OH is 1. The number of benzene rings is 1. The maximum Gasteiger partial charge on any atom is 0.309 e. The van der Waals surface area contributed by atoms with Gasteiger partial charge < -0.3 is 14.8 Å². The number of carboxylic acid groups (broad SMARTS) is 1. The van der Waals surface area contributed by atoms with E-state index in [4.69, 9.17) is 0 Å². The standard InChI is InChI=1S/C20H24N2O3/c1-20(19(24)25)8-6-13(7-9-20)18(23)10-16-14-4-2-3-5-15(14)17-11-21-12-22(16)17/h2-5,11-13,16,18,23H,6-10H2,1H3,(H,24,25). The Balaban J connectivity index is 1.49. The fraction of sp³-hybridized carbons (Fsp3) is 0.500. The monoisotopic (exact) mass is 340 g/mol. The van der Waals surface area contributed by atoms with Crippen molar-refractivity contribution in [2.75, 3.05) is 0 Å². The van der Waals surface area contributed by atoms with E-state index in [0.29, 0.717) is 19.3 Å². The quantitative estimate of drug-likeness (QED) is 0.893. The average Bonchev–Trinajstić information content (AvgIpc) is 3.18. The lowest BCUT2D eigenvalue weighted by Crippen LogP contribution is -2.36. The number of fused-ring (bicyclic) bond motifs is 3. The van der Waals surface area contributed by atoms with Gasteiger partial charge in [0.05, 0.1) is 35.8 Å². The minimum Gasteiger partial charge on any atom is -0.481 e. The number of carbonyl (C=O) groups is 1. The van der Waals surface area contributed by atoms with E-state index in [1.165, 1.54) is 11.1 Å². The Hall–Kier alpha value is -2.14. The Morgan fingerprint density at radius 3 is 2.80 bits per heavy atom. The molecule has 2 atom stereocenters. The van der Waals surface area contributed by atoms with Crippen LogP contribution in [0.2, 0.25) is 0 Å². The van der Waals surface area contributed by atoms with Gasteiger partial charge in [0.1, 0.15) is 0 Å². The number of rotatable bonds is 4. The number of imidazole rings is 1. The molecule has 5 nitrogen and oxygen atoms in total. The summed E-state index contributed by atoms with van der Waals surface area (Å²) in [5, 5.41) is 20.2. The number of aromatic nitrogens is 2. The molecule has 0 spiro atoms. The first-order valence-electron chi connectivity index (χ1n) is 9.02. The van der Waals surface area contributed by atoms with Crippen molar-refractivity contribution in [2.45, 2.75) is 51.2 Å². The van der Waals surface area contributed by atoms with E-state index in [1.807, 2.05) is 31.6 Å². The molecule has 1 saturated carbocycles. The van der Waals surface area contributed by atoms with Crippen LogP contribution in [-0.4, -0.2) is 31.8 Å². The summed E-state index contributed by atoms with van der Waals surface area (Å²) in [4.78, 5) is 15.7. The molecule has 0 bridgehead atoms. The molecule has 1 aromatic carbocycles. The predicted molar refractivity (Wildman–Crippen MR) is 94.1 cm³/mol. The van der Waals surface area contributed by atoms with Gasteiger partial charge in [-0.1, -0.05) is 24.3 Å². The fourth-order valence-corrected chi connectivity index (χ4v) is 4.47. The molecule has 0 amide bonds. The van der Waals surface area contributed by atoms with Crippen molar-refractivity contribution in [1.29, 1.82) is 0 Å². The molecule has 0 saturated heterocycles. The highest BCUT2D eigenvalue weighted by atomic mass is 16.4. The molecule has 1 aliphatic heterocycles. The summed E-state index contributed by atoms with van der Waals surface area (Å²) in [7, 11) is 0. The van der Waals surface area contributed by atoms with Gasteiger partial charge in [0, 0.05) is 5.56 Å². The number of aliphatic carboxylic acids is 1. The first-order valence-corrected chi connectivity index (χ1v) is 9.02. The van der Waals surface area contributed by atoms with Crippen LogP contribution >= 0.6 is 0 Å². The minimum atomic E-state index is -0.715. The molecule has 5 heteroatoms. The van der Waals surface area contributed by atoms with Crippen LogP contribution in [0, 0.1) is 11.3 Å². The molecule has 1 aliphatic carbocycles. The zero-order valence-electron chi connectivity index (χ0n) is 14.4. The van der Waals surface area contributed by atoms with Crippen LogP contribution in [0.25, 0.3) is 11.3 Å². The summed E-state index contributed by atoms with van der Waals surface area (Å²) < 4.78 is 2.15. The number of nitrogens with zero attached hydrogens (tertiary/aromatic N) is 2. The van der Waals surface area contributed by atoms with Crippen molar-refractivity contribution in [3.63, 3.8) is 0 Å². The third-order valence-corrected chi connectivity index (χ3v) is 6.26. The molecule has 4 rings (SSSR count). The maximum atomic E-state index is 11.4. The smallest absolute Gasteiger partial charge is 0.309 e. The van der Waals surface area contributed by atoms with Crippen molar-refractivity contribution in [3.05, 3.63) is 42.4 Å². The first-order chi connectivity index (χ1) is 12.0. The summed E-state index contributed by atoms with van der Waals surface area (Å²) in [5.41, 5.74) is 2.91. The highest BCUT2D eigenvalue weighted by Crippen LogP contribution is 2.44. The van der Waals surface area contributed by atoms with Crippen LogP contribution in [-0.2, 0) is 4.79 Å². The summed E-state index contributed by atoms with van der Waals surface area (Å²) in [6, 6.07) is 8.41. The summed E-state index contributed by atoms with van der Waals surface area (Å²) >= 11 is 0. The zero-order chi connectivity index (χ0) is 17.6. The number of hydrogen-bond donors (Lipinski definition) is 2. The highest BCUT2D eigenvalue weighted by molar-refractivity contribution is 5.74. The van der Waals surface area contributed by atoms with Gasteiger partial charge >= 0.3 is 5.97 Å². The third kappa shape index (κ3) is 2.67. The highest BCUT2D eigenvalue weighted by Gasteiger charge is 2.40.